The van der Waals surface area contributed by atoms with E-state index in [-0.39, 0.29) is 90.1 Å². The van der Waals surface area contributed by atoms with Crippen LogP contribution in [-0.4, -0.2) is 28.7 Å². The molecular formula is C16H19AcN2O3Re-3. The van der Waals surface area contributed by atoms with E-state index in [0.29, 0.717) is 18.5 Å². The van der Waals surface area contributed by atoms with Crippen LogP contribution >= 0.6 is 0 Å². The van der Waals surface area contributed by atoms with E-state index in [9.17, 15) is 14.4 Å². The van der Waals surface area contributed by atoms with Gasteiger partial charge < -0.3 is 30.5 Å². The van der Waals surface area contributed by atoms with E-state index in [1.807, 2.05) is 13.8 Å². The van der Waals surface area contributed by atoms with Crippen LogP contribution < -0.4 is 5.32 Å². The van der Waals surface area contributed by atoms with Crippen LogP contribution in [0, 0.1) is 63.6 Å². The molecule has 0 aliphatic carbocycles. The molecule has 23 heavy (non-hydrogen) atoms. The van der Waals surface area contributed by atoms with Gasteiger partial charge in [0.25, 0.3) is 0 Å². The van der Waals surface area contributed by atoms with Crippen molar-refractivity contribution in [2.75, 3.05) is 0 Å². The van der Waals surface area contributed by atoms with Gasteiger partial charge in [0.1, 0.15) is 11.9 Å². The molecule has 1 aromatic rings. The Hall–Kier alpha value is -0.0661. The number of hydrogen-bond acceptors (Lipinski definition) is 3. The molecule has 5 nitrogen and oxygen atoms in total. The molecule has 7 heteroatoms. The van der Waals surface area contributed by atoms with Crippen LogP contribution in [0.3, 0.4) is 0 Å². The first-order chi connectivity index (χ1) is 9.66. The standard InChI is InChI=1S/C13H10N2O3.C2H6.CH3.Ac.Re/c16-11-6-5-10(12(17)14-11)15-7-8-3-1-2-4-9(8)13(15)18;1-2;;;/h1,4,10H,5-7H2,(H,14,16,17);1-2H3;1H3;;/q-2;;-1;;. The average molecular weight is 701 g/mol. The van der Waals surface area contributed by atoms with E-state index in [1.54, 1.807) is 12.1 Å². The molecule has 1 fully saturated rings. The first-order valence-corrected chi connectivity index (χ1v) is 6.72. The second-order valence-corrected chi connectivity index (χ2v) is 4.39. The fraction of sp³-hybridized carbons (Fsp3) is 0.375. The normalized spacial score (nSPS) is 18.3. The molecule has 0 aromatic heterocycles. The van der Waals surface area contributed by atoms with Crippen molar-refractivity contribution < 1.29 is 78.9 Å². The van der Waals surface area contributed by atoms with Crippen molar-refractivity contribution in [1.29, 1.82) is 0 Å². The maximum absolute atomic E-state index is 12.1. The summed E-state index contributed by atoms with van der Waals surface area (Å²) < 4.78 is 0. The number of amides is 3. The molecular weight excluding hydrogens is 681 g/mol. The van der Waals surface area contributed by atoms with Gasteiger partial charge in [-0.15, -0.1) is 0 Å². The third-order valence-electron chi connectivity index (χ3n) is 3.29. The summed E-state index contributed by atoms with van der Waals surface area (Å²) in [6.07, 6.45) is 0.653. The Morgan fingerprint density at radius 1 is 1.26 bits per heavy atom. The molecule has 0 spiro atoms. The van der Waals surface area contributed by atoms with Crippen LogP contribution in [0.1, 0.15) is 42.6 Å². The summed E-state index contributed by atoms with van der Waals surface area (Å²) in [4.78, 5) is 36.5. The van der Waals surface area contributed by atoms with E-state index in [2.05, 4.69) is 17.4 Å². The quantitative estimate of drug-likeness (QED) is 0.358. The maximum atomic E-state index is 12.1. The first-order valence-electron chi connectivity index (χ1n) is 6.72. The number of fused-ring (bicyclic) bond motifs is 1. The van der Waals surface area contributed by atoms with Crippen LogP contribution in [0.5, 0.6) is 0 Å². The van der Waals surface area contributed by atoms with Gasteiger partial charge >= 0.3 is 0 Å². The van der Waals surface area contributed by atoms with Gasteiger partial charge in [-0.05, 0) is 6.42 Å². The number of carbonyl (C=O) groups is 3. The molecule has 3 amide bonds. The number of benzene rings is 1. The molecule has 0 saturated carbocycles. The van der Waals surface area contributed by atoms with Crippen LogP contribution in [0.25, 0.3) is 0 Å². The van der Waals surface area contributed by atoms with Gasteiger partial charge in [-0.3, -0.25) is 31.3 Å². The Balaban J connectivity index is 0. The van der Waals surface area contributed by atoms with Crippen molar-refractivity contribution in [3.8, 4) is 0 Å². The van der Waals surface area contributed by atoms with E-state index in [1.165, 1.54) is 4.90 Å². The van der Waals surface area contributed by atoms with Crippen molar-refractivity contribution in [1.82, 2.24) is 10.2 Å². The summed E-state index contributed by atoms with van der Waals surface area (Å²) in [6, 6.07) is 8.44. The fourth-order valence-corrected chi connectivity index (χ4v) is 2.37. The summed E-state index contributed by atoms with van der Waals surface area (Å²) in [5, 5.41) is 2.26. The van der Waals surface area contributed by atoms with Gasteiger partial charge in [0.05, 0.1) is 0 Å². The minimum Gasteiger partial charge on any atom is -0.358 e. The van der Waals surface area contributed by atoms with E-state index >= 15 is 0 Å². The monoisotopic (exact) mass is 701 g/mol. The van der Waals surface area contributed by atoms with Crippen molar-refractivity contribution in [2.24, 2.45) is 0 Å². The number of imide groups is 1. The Morgan fingerprint density at radius 2 is 1.91 bits per heavy atom. The van der Waals surface area contributed by atoms with E-state index in [4.69, 9.17) is 0 Å². The Morgan fingerprint density at radius 3 is 2.48 bits per heavy atom. The topological polar surface area (TPSA) is 66.5 Å². The first kappa shape index (κ1) is 25.2. The van der Waals surface area contributed by atoms with Crippen molar-refractivity contribution in [2.45, 2.75) is 39.3 Å². The average Bonchev–Trinajstić information content (AvgIpc) is 2.79. The third kappa shape index (κ3) is 5.47. The van der Waals surface area contributed by atoms with Gasteiger partial charge in [-0.1, -0.05) is 13.8 Å². The predicted molar refractivity (Wildman–Crippen MR) is 77.9 cm³/mol. The molecule has 2 aliphatic heterocycles. The van der Waals surface area contributed by atoms with E-state index < -0.39 is 11.9 Å². The molecule has 1 aromatic carbocycles. The van der Waals surface area contributed by atoms with Crippen LogP contribution in [0.2, 0.25) is 0 Å². The SMILES string of the molecule is CC.O=C1CCC(N2Cc3[c-]c[c-]cc3C2=O)C(=O)N1.[Ac].[CH3-].[Re]. The second kappa shape index (κ2) is 11.5. The number of rotatable bonds is 1. The second-order valence-electron chi connectivity index (χ2n) is 4.39. The zero-order valence-electron chi connectivity index (χ0n) is 13.5. The molecule has 124 valence electrons. The minimum absolute atomic E-state index is 0. The Bertz CT molecular complexity index is 566. The molecule has 0 bridgehead atoms. The summed E-state index contributed by atoms with van der Waals surface area (Å²) in [5.74, 6) is -0.857. The zero-order chi connectivity index (χ0) is 14.7. The molecule has 3 rings (SSSR count). The van der Waals surface area contributed by atoms with E-state index in [0.717, 1.165) is 5.56 Å². The van der Waals surface area contributed by atoms with Crippen molar-refractivity contribution in [3.63, 3.8) is 0 Å². The summed E-state index contributed by atoms with van der Waals surface area (Å²) in [5.41, 5.74) is 1.32. The van der Waals surface area contributed by atoms with Gasteiger partial charge in [0.2, 0.25) is 11.8 Å². The number of carbonyl (C=O) groups excluding carboxylic acids is 3. The number of nitrogens with one attached hydrogen (secondary N) is 1. The van der Waals surface area contributed by atoms with Gasteiger partial charge in [-0.2, -0.15) is 5.56 Å². The zero-order valence-corrected chi connectivity index (χ0v) is 20.9. The van der Waals surface area contributed by atoms with Gasteiger partial charge in [0.15, 0.2) is 0 Å². The van der Waals surface area contributed by atoms with Crippen LogP contribution in [0.4, 0.5) is 0 Å². The van der Waals surface area contributed by atoms with Crippen molar-refractivity contribution in [3.05, 3.63) is 42.8 Å². The summed E-state index contributed by atoms with van der Waals surface area (Å²) in [7, 11) is 0. The molecule has 1 N–H and O–H groups in total. The van der Waals surface area contributed by atoms with Crippen molar-refractivity contribution >= 4 is 17.7 Å². The largest absolute Gasteiger partial charge is 0.358 e. The summed E-state index contributed by atoms with van der Waals surface area (Å²) in [6.45, 7) is 4.37. The third-order valence-corrected chi connectivity index (χ3v) is 3.29. The number of hydrogen-bond donors (Lipinski definition) is 1. The van der Waals surface area contributed by atoms with Crippen LogP contribution in [0.15, 0.2) is 12.1 Å². The summed E-state index contributed by atoms with van der Waals surface area (Å²) >= 11 is 0. The number of piperidine rings is 1. The molecule has 2 heterocycles. The van der Waals surface area contributed by atoms with Crippen LogP contribution in [-0.2, 0) is 36.6 Å². The molecule has 2 radical (unpaired) electrons. The maximum Gasteiger partial charge on any atom is 0.249 e. The van der Waals surface area contributed by atoms with Gasteiger partial charge in [0, 0.05) is 77.5 Å². The molecule has 1 atom stereocenters. The van der Waals surface area contributed by atoms with Gasteiger partial charge in [-0.25, -0.2) is 0 Å². The smallest absolute Gasteiger partial charge is 0.249 e. The fourth-order valence-electron chi connectivity index (χ4n) is 2.37. The molecule has 1 unspecified atom stereocenters. The molecule has 1 saturated heterocycles. The molecule has 2 aliphatic rings. The Labute approximate surface area is 187 Å². The predicted octanol–water partition coefficient (Wildman–Crippen LogP) is 1.52. The number of nitrogens with zero attached hydrogens (tertiary/aromatic N) is 1. The Kier molecular flexibility index (Phi) is 12.6. The minimum atomic E-state index is -0.559.